The summed E-state index contributed by atoms with van der Waals surface area (Å²) in [5, 5.41) is 6.14. The third-order valence-electron chi connectivity index (χ3n) is 6.59. The first-order valence-electron chi connectivity index (χ1n) is 10.2. The summed E-state index contributed by atoms with van der Waals surface area (Å²) in [7, 11) is 1.51. The number of halogens is 1. The van der Waals surface area contributed by atoms with Gasteiger partial charge in [0.05, 0.1) is 24.6 Å². The molecule has 5 atom stereocenters. The summed E-state index contributed by atoms with van der Waals surface area (Å²) < 4.78 is 10.7. The fraction of sp³-hybridized carbons (Fsp3) is 0.348. The third kappa shape index (κ3) is 3.43. The SMILES string of the molecule is COc1ccc(Cl)cc1NC(=O)c1cccc(NC(=O)[C@H]2[C@@H]3C[C@@H]4[C@@H]2C(=O)O[C@@H]4C3)c1. The fourth-order valence-corrected chi connectivity index (χ4v) is 5.47. The topological polar surface area (TPSA) is 93.7 Å². The van der Waals surface area contributed by atoms with Gasteiger partial charge in [0, 0.05) is 22.2 Å². The molecule has 0 unspecified atom stereocenters. The molecule has 1 heterocycles. The molecule has 0 radical (unpaired) electrons. The maximum Gasteiger partial charge on any atom is 0.310 e. The third-order valence-corrected chi connectivity index (χ3v) is 6.82. The number of benzene rings is 2. The van der Waals surface area contributed by atoms with Crippen LogP contribution in [-0.4, -0.2) is 31.0 Å². The van der Waals surface area contributed by atoms with E-state index in [1.54, 1.807) is 42.5 Å². The largest absolute Gasteiger partial charge is 0.495 e. The van der Waals surface area contributed by atoms with Gasteiger partial charge in [0.1, 0.15) is 11.9 Å². The highest BCUT2D eigenvalue weighted by Gasteiger charge is 2.63. The van der Waals surface area contributed by atoms with Crippen LogP contribution in [0.5, 0.6) is 5.75 Å². The molecule has 7 nitrogen and oxygen atoms in total. The van der Waals surface area contributed by atoms with E-state index in [0.29, 0.717) is 27.7 Å². The predicted octanol–water partition coefficient (Wildman–Crippen LogP) is 3.74. The zero-order chi connectivity index (χ0) is 21.7. The molecular weight excluding hydrogens is 420 g/mol. The number of hydrogen-bond donors (Lipinski definition) is 2. The summed E-state index contributed by atoms with van der Waals surface area (Å²) in [6.07, 6.45) is 1.61. The number of rotatable bonds is 5. The van der Waals surface area contributed by atoms with Gasteiger partial charge in [-0.25, -0.2) is 0 Å². The van der Waals surface area contributed by atoms with Crippen LogP contribution in [0, 0.1) is 23.7 Å². The van der Waals surface area contributed by atoms with Crippen molar-refractivity contribution < 1.29 is 23.9 Å². The number of nitrogens with one attached hydrogen (secondary N) is 2. The van der Waals surface area contributed by atoms with Gasteiger partial charge in [-0.2, -0.15) is 0 Å². The van der Waals surface area contributed by atoms with E-state index in [-0.39, 0.29) is 47.6 Å². The highest BCUT2D eigenvalue weighted by Crippen LogP contribution is 2.57. The Bertz CT molecular complexity index is 1090. The van der Waals surface area contributed by atoms with Crippen LogP contribution in [0.1, 0.15) is 23.2 Å². The molecule has 0 spiro atoms. The molecule has 3 fully saturated rings. The first-order valence-corrected chi connectivity index (χ1v) is 10.6. The van der Waals surface area contributed by atoms with Gasteiger partial charge < -0.3 is 20.1 Å². The Balaban J connectivity index is 1.31. The number of hydrogen-bond acceptors (Lipinski definition) is 5. The van der Waals surface area contributed by atoms with Gasteiger partial charge in [-0.1, -0.05) is 17.7 Å². The lowest BCUT2D eigenvalue weighted by molar-refractivity contribution is -0.145. The Kier molecular flexibility index (Phi) is 4.85. The summed E-state index contributed by atoms with van der Waals surface area (Å²) in [5.74, 6) is -0.692. The number of ether oxygens (including phenoxy) is 2. The van der Waals surface area contributed by atoms with Crippen LogP contribution >= 0.6 is 11.6 Å². The monoisotopic (exact) mass is 440 g/mol. The van der Waals surface area contributed by atoms with Gasteiger partial charge in [-0.15, -0.1) is 0 Å². The van der Waals surface area contributed by atoms with E-state index in [1.807, 2.05) is 0 Å². The maximum absolute atomic E-state index is 13.0. The quantitative estimate of drug-likeness (QED) is 0.691. The average Bonchev–Trinajstić information content (AvgIpc) is 3.37. The van der Waals surface area contributed by atoms with E-state index >= 15 is 0 Å². The van der Waals surface area contributed by atoms with Gasteiger partial charge in [0.15, 0.2) is 0 Å². The van der Waals surface area contributed by atoms with Crippen molar-refractivity contribution in [3.63, 3.8) is 0 Å². The van der Waals surface area contributed by atoms with Crippen molar-refractivity contribution in [1.82, 2.24) is 0 Å². The van der Waals surface area contributed by atoms with E-state index in [0.717, 1.165) is 12.8 Å². The highest BCUT2D eigenvalue weighted by atomic mass is 35.5. The van der Waals surface area contributed by atoms with E-state index in [1.165, 1.54) is 7.11 Å². The first kappa shape index (κ1) is 19.9. The summed E-state index contributed by atoms with van der Waals surface area (Å²) in [6.45, 7) is 0. The molecule has 1 aliphatic heterocycles. The minimum absolute atomic E-state index is 0.0120. The Morgan fingerprint density at radius 2 is 1.97 bits per heavy atom. The van der Waals surface area contributed by atoms with Crippen molar-refractivity contribution in [3.8, 4) is 5.75 Å². The standard InChI is InChI=1S/C23H21ClN2O5/c1-30-17-6-5-13(24)10-16(17)26-21(27)11-3-2-4-14(7-11)25-22(28)19-12-8-15-18(9-12)31-23(29)20(15)19/h2-7,10,12,15,18-20H,8-9H2,1H3,(H,25,28)(H,26,27)/t12-,15+,18-,19+,20+/m1/s1. The van der Waals surface area contributed by atoms with Gasteiger partial charge in [0.25, 0.3) is 5.91 Å². The summed E-state index contributed by atoms with van der Waals surface area (Å²) in [4.78, 5) is 37.9. The van der Waals surface area contributed by atoms with Crippen molar-refractivity contribution in [2.75, 3.05) is 17.7 Å². The minimum atomic E-state index is -0.371. The first-order chi connectivity index (χ1) is 14.9. The minimum Gasteiger partial charge on any atom is -0.495 e. The van der Waals surface area contributed by atoms with Crippen LogP contribution in [0.2, 0.25) is 5.02 Å². The van der Waals surface area contributed by atoms with Crippen LogP contribution < -0.4 is 15.4 Å². The molecule has 5 rings (SSSR count). The van der Waals surface area contributed by atoms with E-state index in [4.69, 9.17) is 21.1 Å². The van der Waals surface area contributed by atoms with Crippen LogP contribution in [-0.2, 0) is 14.3 Å². The smallest absolute Gasteiger partial charge is 0.310 e. The molecule has 31 heavy (non-hydrogen) atoms. The van der Waals surface area contributed by atoms with Crippen molar-refractivity contribution in [1.29, 1.82) is 0 Å². The zero-order valence-electron chi connectivity index (χ0n) is 16.8. The summed E-state index contributed by atoms with van der Waals surface area (Å²) in [6, 6.07) is 11.6. The second kappa shape index (κ2) is 7.57. The van der Waals surface area contributed by atoms with E-state index in [2.05, 4.69) is 10.6 Å². The molecular formula is C23H21ClN2O5. The summed E-state index contributed by atoms with van der Waals surface area (Å²) in [5.41, 5.74) is 1.32. The van der Waals surface area contributed by atoms with Crippen molar-refractivity contribution in [2.45, 2.75) is 18.9 Å². The zero-order valence-corrected chi connectivity index (χ0v) is 17.5. The molecule has 1 saturated heterocycles. The lowest BCUT2D eigenvalue weighted by atomic mass is 9.79. The number of carbonyl (C=O) groups is 3. The molecule has 2 aromatic carbocycles. The number of anilines is 2. The molecule has 8 heteroatoms. The van der Waals surface area contributed by atoms with Crippen LogP contribution in [0.25, 0.3) is 0 Å². The van der Waals surface area contributed by atoms with Gasteiger partial charge >= 0.3 is 5.97 Å². The molecule has 160 valence electrons. The Morgan fingerprint density at radius 3 is 2.77 bits per heavy atom. The molecule has 2 saturated carbocycles. The molecule has 2 aromatic rings. The normalized spacial score (nSPS) is 27.7. The van der Waals surface area contributed by atoms with Crippen molar-refractivity contribution >= 4 is 40.8 Å². The van der Waals surface area contributed by atoms with Gasteiger partial charge in [0.2, 0.25) is 5.91 Å². The number of carbonyl (C=O) groups excluding carboxylic acids is 3. The van der Waals surface area contributed by atoms with E-state index < -0.39 is 0 Å². The molecule has 2 amide bonds. The number of methoxy groups -OCH3 is 1. The van der Waals surface area contributed by atoms with Crippen molar-refractivity contribution in [2.24, 2.45) is 23.7 Å². The maximum atomic E-state index is 13.0. The number of amides is 2. The second-order valence-corrected chi connectivity index (χ2v) is 8.73. The molecule has 2 aliphatic carbocycles. The molecule has 2 bridgehead atoms. The van der Waals surface area contributed by atoms with Crippen LogP contribution in [0.15, 0.2) is 42.5 Å². The highest BCUT2D eigenvalue weighted by molar-refractivity contribution is 6.31. The molecule has 0 aromatic heterocycles. The second-order valence-electron chi connectivity index (χ2n) is 8.29. The lowest BCUT2D eigenvalue weighted by Gasteiger charge is -2.23. The lowest BCUT2D eigenvalue weighted by Crippen LogP contribution is -2.35. The Morgan fingerprint density at radius 1 is 1.13 bits per heavy atom. The van der Waals surface area contributed by atoms with Gasteiger partial charge in [-0.05, 0) is 55.2 Å². The average molecular weight is 441 g/mol. The fourth-order valence-electron chi connectivity index (χ4n) is 5.30. The Labute approximate surface area is 184 Å². The van der Waals surface area contributed by atoms with E-state index in [9.17, 15) is 14.4 Å². The van der Waals surface area contributed by atoms with Gasteiger partial charge in [-0.3, -0.25) is 14.4 Å². The van der Waals surface area contributed by atoms with Crippen LogP contribution in [0.4, 0.5) is 11.4 Å². The molecule has 2 N–H and O–H groups in total. The predicted molar refractivity (Wildman–Crippen MR) is 114 cm³/mol. The Hall–Kier alpha value is -3.06. The van der Waals surface area contributed by atoms with Crippen molar-refractivity contribution in [3.05, 3.63) is 53.1 Å². The summed E-state index contributed by atoms with van der Waals surface area (Å²) >= 11 is 6.02. The number of esters is 1. The number of fused-ring (bicyclic) bond motifs is 1. The molecule has 3 aliphatic rings. The van der Waals surface area contributed by atoms with Crippen LogP contribution in [0.3, 0.4) is 0 Å².